The summed E-state index contributed by atoms with van der Waals surface area (Å²) in [5.74, 6) is 1.58. The van der Waals surface area contributed by atoms with Gasteiger partial charge in [0, 0.05) is 12.7 Å². The van der Waals surface area contributed by atoms with Crippen LogP contribution in [0.15, 0.2) is 24.7 Å². The Hall–Kier alpha value is -2.42. The molecule has 1 atom stereocenters. The average Bonchev–Trinajstić information content (AvgIpc) is 3.01. The van der Waals surface area contributed by atoms with Crippen molar-refractivity contribution in [2.75, 3.05) is 11.4 Å². The summed E-state index contributed by atoms with van der Waals surface area (Å²) in [7, 11) is 0. The predicted molar refractivity (Wildman–Crippen MR) is 69.3 cm³/mol. The quantitative estimate of drug-likeness (QED) is 0.883. The molecule has 1 saturated heterocycles. The van der Waals surface area contributed by atoms with E-state index in [1.54, 1.807) is 18.3 Å². The Morgan fingerprint density at radius 3 is 3.11 bits per heavy atom. The molecule has 1 fully saturated rings. The molecular formula is C13H14N6. The van der Waals surface area contributed by atoms with Gasteiger partial charge in [0.1, 0.15) is 24.0 Å². The van der Waals surface area contributed by atoms with E-state index in [1.807, 2.05) is 0 Å². The summed E-state index contributed by atoms with van der Waals surface area (Å²) in [6.45, 7) is 0.886. The molecular weight excluding hydrogens is 240 g/mol. The molecule has 0 radical (unpaired) electrons. The van der Waals surface area contributed by atoms with E-state index >= 15 is 0 Å². The lowest BCUT2D eigenvalue weighted by Gasteiger charge is -2.35. The van der Waals surface area contributed by atoms with Crippen LogP contribution in [0.2, 0.25) is 0 Å². The third kappa shape index (κ3) is 2.15. The molecule has 0 saturated carbocycles. The van der Waals surface area contributed by atoms with Crippen LogP contribution in [0.3, 0.4) is 0 Å². The maximum Gasteiger partial charge on any atom is 0.147 e. The summed E-state index contributed by atoms with van der Waals surface area (Å²) >= 11 is 0. The molecule has 0 bridgehead atoms. The van der Waals surface area contributed by atoms with E-state index < -0.39 is 0 Å². The minimum atomic E-state index is 0.123. The van der Waals surface area contributed by atoms with E-state index in [0.29, 0.717) is 5.56 Å². The lowest BCUT2D eigenvalue weighted by atomic mass is 10.0. The van der Waals surface area contributed by atoms with Gasteiger partial charge in [0.15, 0.2) is 0 Å². The smallest absolute Gasteiger partial charge is 0.147 e. The Morgan fingerprint density at radius 2 is 2.32 bits per heavy atom. The van der Waals surface area contributed by atoms with Crippen molar-refractivity contribution in [3.05, 3.63) is 36.0 Å². The van der Waals surface area contributed by atoms with Gasteiger partial charge in [0.25, 0.3) is 0 Å². The summed E-state index contributed by atoms with van der Waals surface area (Å²) < 4.78 is 0. The number of H-pyrrole nitrogens is 1. The fourth-order valence-electron chi connectivity index (χ4n) is 2.56. The molecule has 2 aromatic heterocycles. The molecule has 6 nitrogen and oxygen atoms in total. The number of nitrogens with one attached hydrogen (secondary N) is 1. The van der Waals surface area contributed by atoms with E-state index in [9.17, 15) is 5.26 Å². The topological polar surface area (TPSA) is 81.5 Å². The number of aromatic amines is 1. The van der Waals surface area contributed by atoms with Crippen molar-refractivity contribution in [2.45, 2.75) is 25.3 Å². The molecule has 1 N–H and O–H groups in total. The van der Waals surface area contributed by atoms with Gasteiger partial charge in [-0.25, -0.2) is 9.97 Å². The summed E-state index contributed by atoms with van der Waals surface area (Å²) in [5, 5.41) is 16.1. The number of hydrogen-bond acceptors (Lipinski definition) is 5. The van der Waals surface area contributed by atoms with Crippen LogP contribution in [0.1, 0.15) is 36.7 Å². The molecule has 3 rings (SSSR count). The van der Waals surface area contributed by atoms with Gasteiger partial charge in [0.2, 0.25) is 0 Å². The monoisotopic (exact) mass is 254 g/mol. The van der Waals surface area contributed by atoms with E-state index in [-0.39, 0.29) is 6.04 Å². The molecule has 3 heterocycles. The van der Waals surface area contributed by atoms with Crippen LogP contribution in [-0.4, -0.2) is 26.7 Å². The van der Waals surface area contributed by atoms with Crippen LogP contribution in [0.5, 0.6) is 0 Å². The largest absolute Gasteiger partial charge is 0.345 e. The standard InChI is InChI=1S/C13H14N6/c14-8-10-4-3-6-15-13(10)19-7-2-1-5-11(19)12-16-9-17-18-12/h3-4,6,9,11H,1-2,5,7H2,(H,16,17,18). The van der Waals surface area contributed by atoms with E-state index in [4.69, 9.17) is 0 Å². The maximum absolute atomic E-state index is 9.21. The highest BCUT2D eigenvalue weighted by molar-refractivity contribution is 5.54. The van der Waals surface area contributed by atoms with Crippen LogP contribution < -0.4 is 4.90 Å². The van der Waals surface area contributed by atoms with Gasteiger partial charge in [-0.2, -0.15) is 10.4 Å². The zero-order valence-electron chi connectivity index (χ0n) is 10.5. The van der Waals surface area contributed by atoms with Gasteiger partial charge >= 0.3 is 0 Å². The first-order chi connectivity index (χ1) is 9.40. The van der Waals surface area contributed by atoms with Crippen LogP contribution in [0, 0.1) is 11.3 Å². The first-order valence-electron chi connectivity index (χ1n) is 6.37. The summed E-state index contributed by atoms with van der Waals surface area (Å²) in [4.78, 5) is 10.8. The lowest BCUT2D eigenvalue weighted by Crippen LogP contribution is -2.35. The molecule has 2 aromatic rings. The molecule has 0 amide bonds. The highest BCUT2D eigenvalue weighted by Gasteiger charge is 2.28. The molecule has 0 aliphatic carbocycles. The highest BCUT2D eigenvalue weighted by Crippen LogP contribution is 2.33. The average molecular weight is 254 g/mol. The zero-order valence-corrected chi connectivity index (χ0v) is 10.5. The van der Waals surface area contributed by atoms with E-state index in [2.05, 4.69) is 31.1 Å². The molecule has 1 aliphatic rings. The molecule has 19 heavy (non-hydrogen) atoms. The second kappa shape index (κ2) is 5.06. The van der Waals surface area contributed by atoms with Crippen LogP contribution in [-0.2, 0) is 0 Å². The SMILES string of the molecule is N#Cc1cccnc1N1CCCCC1c1ncn[nH]1. The second-order valence-corrected chi connectivity index (χ2v) is 4.56. The number of pyridine rings is 1. The van der Waals surface area contributed by atoms with Crippen molar-refractivity contribution >= 4 is 5.82 Å². The van der Waals surface area contributed by atoms with Gasteiger partial charge in [0.05, 0.1) is 11.6 Å². The highest BCUT2D eigenvalue weighted by atomic mass is 15.3. The van der Waals surface area contributed by atoms with Gasteiger partial charge < -0.3 is 4.90 Å². The third-order valence-electron chi connectivity index (χ3n) is 3.43. The number of piperidine rings is 1. The predicted octanol–water partition coefficient (Wildman–Crippen LogP) is 1.80. The number of rotatable bonds is 2. The summed E-state index contributed by atoms with van der Waals surface area (Å²) in [5.41, 5.74) is 0.605. The fourth-order valence-corrected chi connectivity index (χ4v) is 2.56. The normalized spacial score (nSPS) is 19.1. The lowest BCUT2D eigenvalue weighted by molar-refractivity contribution is 0.453. The van der Waals surface area contributed by atoms with Crippen molar-refractivity contribution < 1.29 is 0 Å². The van der Waals surface area contributed by atoms with Crippen LogP contribution in [0.4, 0.5) is 5.82 Å². The fraction of sp³-hybridized carbons (Fsp3) is 0.385. The first kappa shape index (κ1) is 11.7. The van der Waals surface area contributed by atoms with Crippen molar-refractivity contribution in [3.8, 4) is 6.07 Å². The Labute approximate surface area is 111 Å². The van der Waals surface area contributed by atoms with Gasteiger partial charge in [-0.3, -0.25) is 5.10 Å². The first-order valence-corrected chi connectivity index (χ1v) is 6.37. The number of aromatic nitrogens is 4. The molecule has 0 aromatic carbocycles. The van der Waals surface area contributed by atoms with Crippen molar-refractivity contribution in [2.24, 2.45) is 0 Å². The van der Waals surface area contributed by atoms with Crippen molar-refractivity contribution in [3.63, 3.8) is 0 Å². The molecule has 0 spiro atoms. The number of nitriles is 1. The molecule has 6 heteroatoms. The molecule has 1 aliphatic heterocycles. The third-order valence-corrected chi connectivity index (χ3v) is 3.43. The number of anilines is 1. The molecule has 1 unspecified atom stereocenters. The van der Waals surface area contributed by atoms with Crippen LogP contribution in [0.25, 0.3) is 0 Å². The van der Waals surface area contributed by atoms with Crippen molar-refractivity contribution in [1.82, 2.24) is 20.2 Å². The van der Waals surface area contributed by atoms with E-state index in [1.165, 1.54) is 6.33 Å². The van der Waals surface area contributed by atoms with Gasteiger partial charge in [-0.1, -0.05) is 0 Å². The zero-order chi connectivity index (χ0) is 13.1. The van der Waals surface area contributed by atoms with Gasteiger partial charge in [-0.05, 0) is 31.4 Å². The molecule has 96 valence electrons. The Balaban J connectivity index is 1.99. The minimum Gasteiger partial charge on any atom is -0.345 e. The Kier molecular flexibility index (Phi) is 3.11. The van der Waals surface area contributed by atoms with E-state index in [0.717, 1.165) is 37.4 Å². The second-order valence-electron chi connectivity index (χ2n) is 4.56. The minimum absolute atomic E-state index is 0.123. The van der Waals surface area contributed by atoms with Crippen molar-refractivity contribution in [1.29, 1.82) is 5.26 Å². The van der Waals surface area contributed by atoms with Crippen LogP contribution >= 0.6 is 0 Å². The Bertz CT molecular complexity index is 585. The number of hydrogen-bond donors (Lipinski definition) is 1. The number of nitrogens with zero attached hydrogens (tertiary/aromatic N) is 5. The summed E-state index contributed by atoms with van der Waals surface area (Å²) in [6, 6.07) is 5.92. The van der Waals surface area contributed by atoms with Gasteiger partial charge in [-0.15, -0.1) is 0 Å². The Morgan fingerprint density at radius 1 is 1.37 bits per heavy atom. The summed E-state index contributed by atoms with van der Waals surface area (Å²) in [6.07, 6.45) is 6.49. The maximum atomic E-state index is 9.21.